The van der Waals surface area contributed by atoms with Gasteiger partial charge in [-0.3, -0.25) is 0 Å². The predicted molar refractivity (Wildman–Crippen MR) is 91.6 cm³/mol. The Balaban J connectivity index is 1.76. The molecule has 3 N–H and O–H groups in total. The van der Waals surface area contributed by atoms with Gasteiger partial charge in [-0.15, -0.1) is 0 Å². The summed E-state index contributed by atoms with van der Waals surface area (Å²) < 4.78 is 17.0. The molecular weight excluding hydrogens is 304 g/mol. The summed E-state index contributed by atoms with van der Waals surface area (Å²) in [4.78, 5) is 2.97. The van der Waals surface area contributed by atoms with Gasteiger partial charge < -0.3 is 19.9 Å². The van der Waals surface area contributed by atoms with Crippen LogP contribution in [0.1, 0.15) is 6.92 Å². The minimum Gasteiger partial charge on any atom is -0.494 e. The molecule has 0 radical (unpaired) electrons. The van der Waals surface area contributed by atoms with Crippen molar-refractivity contribution in [3.63, 3.8) is 0 Å². The van der Waals surface area contributed by atoms with Gasteiger partial charge in [-0.1, -0.05) is 0 Å². The predicted octanol–water partition coefficient (Wildman–Crippen LogP) is 4.07. The van der Waals surface area contributed by atoms with Crippen LogP contribution in [-0.2, 0) is 0 Å². The number of H-pyrrole nitrogens is 1. The highest BCUT2D eigenvalue weighted by Gasteiger charge is 2.05. The standard InChI is InChI=1S/C19H18N2O3/c1-2-22-15-5-7-16(8-6-15)23-18-10-14(20)11-19(12-18)24-17-4-3-9-21-13-17/h3-13H,2,20H2,1H3/p+1. The molecule has 0 bridgehead atoms. The number of nitrogens with one attached hydrogen (secondary N) is 1. The maximum absolute atomic E-state index is 5.94. The van der Waals surface area contributed by atoms with Gasteiger partial charge >= 0.3 is 0 Å². The van der Waals surface area contributed by atoms with Crippen LogP contribution >= 0.6 is 0 Å². The number of ether oxygens (including phenoxy) is 3. The zero-order chi connectivity index (χ0) is 16.8. The molecule has 0 atom stereocenters. The molecule has 5 heteroatoms. The van der Waals surface area contributed by atoms with Crippen molar-refractivity contribution in [2.24, 2.45) is 0 Å². The van der Waals surface area contributed by atoms with E-state index in [0.717, 1.165) is 5.75 Å². The molecule has 2 aromatic carbocycles. The molecule has 3 aromatic rings. The number of hydrogen-bond acceptors (Lipinski definition) is 4. The van der Waals surface area contributed by atoms with Gasteiger partial charge in [0, 0.05) is 30.0 Å². The lowest BCUT2D eigenvalue weighted by Crippen LogP contribution is -1.99. The first kappa shape index (κ1) is 15.7. The summed E-state index contributed by atoms with van der Waals surface area (Å²) in [5, 5.41) is 0. The zero-order valence-corrected chi connectivity index (χ0v) is 13.4. The number of benzene rings is 2. The van der Waals surface area contributed by atoms with Crippen LogP contribution in [0.15, 0.2) is 67.0 Å². The summed E-state index contributed by atoms with van der Waals surface area (Å²) in [7, 11) is 0. The number of hydrogen-bond donors (Lipinski definition) is 1. The van der Waals surface area contributed by atoms with E-state index >= 15 is 0 Å². The second-order valence-electron chi connectivity index (χ2n) is 5.09. The largest absolute Gasteiger partial charge is 0.494 e. The van der Waals surface area contributed by atoms with Gasteiger partial charge in [0.05, 0.1) is 6.61 Å². The van der Waals surface area contributed by atoms with Crippen molar-refractivity contribution >= 4 is 5.69 Å². The maximum Gasteiger partial charge on any atom is 0.210 e. The average molecular weight is 323 g/mol. The fourth-order valence-corrected chi connectivity index (χ4v) is 2.19. The number of pyridine rings is 1. The molecule has 24 heavy (non-hydrogen) atoms. The van der Waals surface area contributed by atoms with Crippen LogP contribution in [0.2, 0.25) is 0 Å². The number of aromatic nitrogens is 1. The molecule has 0 unspecified atom stereocenters. The number of nitrogen functional groups attached to an aromatic ring is 1. The second-order valence-corrected chi connectivity index (χ2v) is 5.09. The smallest absolute Gasteiger partial charge is 0.210 e. The lowest BCUT2D eigenvalue weighted by atomic mass is 10.2. The van der Waals surface area contributed by atoms with Crippen LogP contribution in [-0.4, -0.2) is 6.61 Å². The van der Waals surface area contributed by atoms with Crippen molar-refractivity contribution in [3.05, 3.63) is 67.0 Å². The highest BCUT2D eigenvalue weighted by Crippen LogP contribution is 2.31. The van der Waals surface area contributed by atoms with Crippen LogP contribution in [0.5, 0.6) is 28.7 Å². The summed E-state index contributed by atoms with van der Waals surface area (Å²) in [6.07, 6.45) is 3.57. The van der Waals surface area contributed by atoms with E-state index in [-0.39, 0.29) is 0 Å². The van der Waals surface area contributed by atoms with Crippen LogP contribution in [0.4, 0.5) is 5.69 Å². The van der Waals surface area contributed by atoms with Gasteiger partial charge in [0.25, 0.3) is 0 Å². The molecule has 1 heterocycles. The SMILES string of the molecule is CCOc1ccc(Oc2cc(N)cc(Oc3ccc[nH+]c3)c2)cc1. The van der Waals surface area contributed by atoms with E-state index in [1.165, 1.54) is 0 Å². The summed E-state index contributed by atoms with van der Waals surface area (Å²) in [6, 6.07) is 16.4. The van der Waals surface area contributed by atoms with Gasteiger partial charge in [-0.05, 0) is 37.3 Å². The van der Waals surface area contributed by atoms with E-state index in [9.17, 15) is 0 Å². The summed E-state index contributed by atoms with van der Waals surface area (Å²) in [5.41, 5.74) is 6.51. The summed E-state index contributed by atoms with van der Waals surface area (Å²) in [6.45, 7) is 2.58. The van der Waals surface area contributed by atoms with Crippen LogP contribution in [0.3, 0.4) is 0 Å². The van der Waals surface area contributed by atoms with E-state index in [4.69, 9.17) is 19.9 Å². The first-order valence-corrected chi connectivity index (χ1v) is 7.68. The number of nitrogens with two attached hydrogens (primary N) is 1. The lowest BCUT2D eigenvalue weighted by Gasteiger charge is -2.10. The first-order chi connectivity index (χ1) is 11.7. The molecule has 3 rings (SSSR count). The van der Waals surface area contributed by atoms with E-state index in [2.05, 4.69) is 4.98 Å². The molecule has 0 spiro atoms. The Morgan fingerprint density at radius 3 is 2.12 bits per heavy atom. The van der Waals surface area contributed by atoms with Crippen LogP contribution in [0.25, 0.3) is 0 Å². The summed E-state index contributed by atoms with van der Waals surface area (Å²) in [5.74, 6) is 3.41. The Kier molecular flexibility index (Phi) is 4.81. The molecule has 1 aromatic heterocycles. The Morgan fingerprint density at radius 2 is 1.50 bits per heavy atom. The Bertz CT molecular complexity index is 789. The molecule has 0 saturated carbocycles. The number of rotatable bonds is 6. The zero-order valence-electron chi connectivity index (χ0n) is 13.4. The topological polar surface area (TPSA) is 67.9 Å². The Morgan fingerprint density at radius 1 is 0.833 bits per heavy atom. The third kappa shape index (κ3) is 4.16. The Labute approximate surface area is 140 Å². The van der Waals surface area contributed by atoms with E-state index in [1.807, 2.05) is 49.5 Å². The quantitative estimate of drug-likeness (QED) is 0.694. The fourth-order valence-electron chi connectivity index (χ4n) is 2.19. The van der Waals surface area contributed by atoms with Crippen molar-refractivity contribution in [1.82, 2.24) is 0 Å². The monoisotopic (exact) mass is 323 g/mol. The van der Waals surface area contributed by atoms with Gasteiger partial charge in [0.2, 0.25) is 6.20 Å². The highest BCUT2D eigenvalue weighted by molar-refractivity contribution is 5.52. The number of anilines is 1. The lowest BCUT2D eigenvalue weighted by molar-refractivity contribution is -0.378. The minimum absolute atomic E-state index is 0.563. The molecule has 0 aliphatic heterocycles. The molecular formula is C19H19N2O3+. The van der Waals surface area contributed by atoms with Crippen molar-refractivity contribution in [2.45, 2.75) is 6.92 Å². The number of aromatic amines is 1. The summed E-state index contributed by atoms with van der Waals surface area (Å²) >= 11 is 0. The van der Waals surface area contributed by atoms with Gasteiger partial charge in [-0.2, -0.15) is 0 Å². The minimum atomic E-state index is 0.563. The van der Waals surface area contributed by atoms with Gasteiger partial charge in [0.1, 0.15) is 23.0 Å². The van der Waals surface area contributed by atoms with Crippen LogP contribution < -0.4 is 24.9 Å². The van der Waals surface area contributed by atoms with Crippen LogP contribution in [0, 0.1) is 0 Å². The molecule has 0 fully saturated rings. The van der Waals surface area contributed by atoms with Gasteiger partial charge in [0.15, 0.2) is 11.9 Å². The molecule has 0 amide bonds. The van der Waals surface area contributed by atoms with Crippen molar-refractivity contribution in [1.29, 1.82) is 0 Å². The molecule has 122 valence electrons. The van der Waals surface area contributed by atoms with Crippen molar-refractivity contribution < 1.29 is 19.2 Å². The maximum atomic E-state index is 5.94. The molecule has 0 aliphatic carbocycles. The third-order valence-corrected chi connectivity index (χ3v) is 3.19. The Hall–Kier alpha value is -3.21. The fraction of sp³-hybridized carbons (Fsp3) is 0.105. The molecule has 5 nitrogen and oxygen atoms in total. The average Bonchev–Trinajstić information content (AvgIpc) is 2.57. The van der Waals surface area contributed by atoms with E-state index in [0.29, 0.717) is 35.3 Å². The van der Waals surface area contributed by atoms with Gasteiger partial charge in [-0.25, -0.2) is 4.98 Å². The van der Waals surface area contributed by atoms with Crippen molar-refractivity contribution in [2.75, 3.05) is 12.3 Å². The first-order valence-electron chi connectivity index (χ1n) is 7.68. The van der Waals surface area contributed by atoms with E-state index in [1.54, 1.807) is 24.4 Å². The molecule has 0 saturated heterocycles. The molecule has 0 aliphatic rings. The third-order valence-electron chi connectivity index (χ3n) is 3.19. The van der Waals surface area contributed by atoms with E-state index < -0.39 is 0 Å². The normalized spacial score (nSPS) is 10.2. The second kappa shape index (κ2) is 7.37. The van der Waals surface area contributed by atoms with Crippen molar-refractivity contribution in [3.8, 4) is 28.7 Å². The highest BCUT2D eigenvalue weighted by atomic mass is 16.5.